The van der Waals surface area contributed by atoms with E-state index in [1.807, 2.05) is 18.2 Å². The Morgan fingerprint density at radius 1 is 1.09 bits per heavy atom. The van der Waals surface area contributed by atoms with Crippen molar-refractivity contribution in [3.05, 3.63) is 59.9 Å². The highest BCUT2D eigenvalue weighted by atomic mass is 35.5. The molecule has 6 nitrogen and oxygen atoms in total. The van der Waals surface area contributed by atoms with Gasteiger partial charge in [0.2, 0.25) is 11.8 Å². The summed E-state index contributed by atoms with van der Waals surface area (Å²) in [6.45, 7) is 0.323. The summed E-state index contributed by atoms with van der Waals surface area (Å²) >= 11 is 5.92. The van der Waals surface area contributed by atoms with E-state index < -0.39 is 23.9 Å². The average Bonchev–Trinajstić information content (AvgIpc) is 3.32. The van der Waals surface area contributed by atoms with E-state index in [2.05, 4.69) is 5.32 Å². The van der Waals surface area contributed by atoms with Gasteiger partial charge >= 0.3 is 0 Å². The van der Waals surface area contributed by atoms with Gasteiger partial charge in [-0.05, 0) is 42.7 Å². The van der Waals surface area contributed by atoms with Crippen molar-refractivity contribution in [3.63, 3.8) is 0 Å². The van der Waals surface area contributed by atoms with E-state index in [0.717, 1.165) is 25.7 Å². The van der Waals surface area contributed by atoms with Crippen LogP contribution in [0.5, 0.6) is 11.5 Å². The standard InChI is InChI=1S/C24H26ClFN2O4/c25-13-22(29)28(14-19-15-31-20-7-3-4-8-21(20)32-19)23(16-9-11-17(26)12-10-16)24(30)27-18-5-1-2-6-18/h3-4,7-12,18-19,23H,1-2,5-6,13-15H2,(H,27,30)/t19-,23+/m1/s1. The molecule has 2 aromatic carbocycles. The SMILES string of the molecule is O=C(NC1CCCC1)[C@H](c1ccc(F)cc1)N(C[C@@H]1COc2ccccc2O1)C(=O)CCl. The summed E-state index contributed by atoms with van der Waals surface area (Å²) in [4.78, 5) is 27.7. The molecule has 0 unspecified atom stereocenters. The molecule has 170 valence electrons. The molecule has 1 fully saturated rings. The smallest absolute Gasteiger partial charge is 0.247 e. The third-order valence-electron chi connectivity index (χ3n) is 5.85. The summed E-state index contributed by atoms with van der Waals surface area (Å²) < 4.78 is 25.4. The summed E-state index contributed by atoms with van der Waals surface area (Å²) in [5.74, 6) is -0.217. The number of rotatable bonds is 7. The number of carbonyl (C=O) groups excluding carboxylic acids is 2. The molecule has 4 rings (SSSR count). The van der Waals surface area contributed by atoms with Crippen LogP contribution in [-0.2, 0) is 9.59 Å². The number of fused-ring (bicyclic) bond motifs is 1. The molecule has 1 heterocycles. The molecular formula is C24H26ClFN2O4. The fraction of sp³-hybridized carbons (Fsp3) is 0.417. The number of carbonyl (C=O) groups is 2. The molecule has 1 aliphatic carbocycles. The maximum absolute atomic E-state index is 13.6. The number of amides is 2. The fourth-order valence-electron chi connectivity index (χ4n) is 4.27. The number of hydrogen-bond donors (Lipinski definition) is 1. The van der Waals surface area contributed by atoms with Gasteiger partial charge in [0.05, 0.1) is 6.54 Å². The van der Waals surface area contributed by atoms with E-state index in [1.54, 1.807) is 6.07 Å². The van der Waals surface area contributed by atoms with Crippen molar-refractivity contribution in [3.8, 4) is 11.5 Å². The molecule has 2 atom stereocenters. The maximum Gasteiger partial charge on any atom is 0.247 e. The van der Waals surface area contributed by atoms with Crippen LogP contribution < -0.4 is 14.8 Å². The van der Waals surface area contributed by atoms with Crippen molar-refractivity contribution >= 4 is 23.4 Å². The van der Waals surface area contributed by atoms with Crippen LogP contribution in [0.1, 0.15) is 37.3 Å². The molecule has 0 bridgehead atoms. The lowest BCUT2D eigenvalue weighted by atomic mass is 10.0. The normalized spacial score (nSPS) is 18.8. The molecule has 0 saturated heterocycles. The first-order valence-corrected chi connectivity index (χ1v) is 11.4. The number of hydrogen-bond acceptors (Lipinski definition) is 4. The first kappa shape index (κ1) is 22.4. The number of ether oxygens (including phenoxy) is 2. The van der Waals surface area contributed by atoms with E-state index in [-0.39, 0.29) is 31.0 Å². The van der Waals surface area contributed by atoms with Crippen molar-refractivity contribution < 1.29 is 23.5 Å². The third-order valence-corrected chi connectivity index (χ3v) is 6.08. The summed E-state index contributed by atoms with van der Waals surface area (Å²) in [6, 6.07) is 12.0. The van der Waals surface area contributed by atoms with Crippen LogP contribution in [0.4, 0.5) is 4.39 Å². The second kappa shape index (κ2) is 10.2. The zero-order valence-electron chi connectivity index (χ0n) is 17.6. The number of benzene rings is 2. The van der Waals surface area contributed by atoms with E-state index in [9.17, 15) is 14.0 Å². The van der Waals surface area contributed by atoms with Gasteiger partial charge < -0.3 is 19.7 Å². The van der Waals surface area contributed by atoms with Gasteiger partial charge in [-0.1, -0.05) is 37.1 Å². The lowest BCUT2D eigenvalue weighted by Gasteiger charge is -2.36. The van der Waals surface area contributed by atoms with Crippen molar-refractivity contribution in [2.75, 3.05) is 19.0 Å². The highest BCUT2D eigenvalue weighted by Crippen LogP contribution is 2.32. The van der Waals surface area contributed by atoms with E-state index in [4.69, 9.17) is 21.1 Å². The van der Waals surface area contributed by atoms with Gasteiger partial charge in [-0.2, -0.15) is 0 Å². The Kier molecular flexibility index (Phi) is 7.15. The number of halogens is 2. The molecule has 0 radical (unpaired) electrons. The Balaban J connectivity index is 1.60. The van der Waals surface area contributed by atoms with Gasteiger partial charge in [-0.15, -0.1) is 11.6 Å². The molecular weight excluding hydrogens is 435 g/mol. The number of alkyl halides is 1. The van der Waals surface area contributed by atoms with E-state index >= 15 is 0 Å². The average molecular weight is 461 g/mol. The summed E-state index contributed by atoms with van der Waals surface area (Å²) in [5, 5.41) is 3.06. The van der Waals surface area contributed by atoms with Gasteiger partial charge in [0.15, 0.2) is 17.6 Å². The minimum atomic E-state index is -0.955. The van der Waals surface area contributed by atoms with Crippen LogP contribution in [0.2, 0.25) is 0 Å². The predicted molar refractivity (Wildman–Crippen MR) is 118 cm³/mol. The van der Waals surface area contributed by atoms with Gasteiger partial charge in [0.25, 0.3) is 0 Å². The minimum absolute atomic E-state index is 0.0690. The van der Waals surface area contributed by atoms with Gasteiger partial charge in [-0.3, -0.25) is 9.59 Å². The van der Waals surface area contributed by atoms with Gasteiger partial charge in [-0.25, -0.2) is 4.39 Å². The molecule has 1 aliphatic heterocycles. The number of nitrogens with one attached hydrogen (secondary N) is 1. The zero-order chi connectivity index (χ0) is 22.5. The third kappa shape index (κ3) is 5.15. The van der Waals surface area contributed by atoms with Crippen LogP contribution in [-0.4, -0.2) is 47.9 Å². The second-order valence-corrected chi connectivity index (χ2v) is 8.39. The minimum Gasteiger partial charge on any atom is -0.486 e. The fourth-order valence-corrected chi connectivity index (χ4v) is 4.42. The monoisotopic (exact) mass is 460 g/mol. The molecule has 2 amide bonds. The Morgan fingerprint density at radius 2 is 1.78 bits per heavy atom. The predicted octanol–water partition coefficient (Wildman–Crippen LogP) is 3.83. The molecule has 2 aliphatic rings. The molecule has 2 aromatic rings. The molecule has 1 saturated carbocycles. The Bertz CT molecular complexity index is 949. The van der Waals surface area contributed by atoms with Crippen LogP contribution in [0.3, 0.4) is 0 Å². The Morgan fingerprint density at radius 3 is 2.47 bits per heavy atom. The van der Waals surface area contributed by atoms with Crippen molar-refractivity contribution in [1.82, 2.24) is 10.2 Å². The highest BCUT2D eigenvalue weighted by Gasteiger charge is 2.35. The Labute approximate surface area is 191 Å². The van der Waals surface area contributed by atoms with Crippen LogP contribution in [0.25, 0.3) is 0 Å². The molecule has 8 heteroatoms. The van der Waals surface area contributed by atoms with E-state index in [0.29, 0.717) is 17.1 Å². The number of para-hydroxylation sites is 2. The Hall–Kier alpha value is -2.80. The van der Waals surface area contributed by atoms with Crippen molar-refractivity contribution in [2.24, 2.45) is 0 Å². The topological polar surface area (TPSA) is 67.9 Å². The molecule has 0 spiro atoms. The lowest BCUT2D eigenvalue weighted by Crippen LogP contribution is -2.51. The second-order valence-electron chi connectivity index (χ2n) is 8.12. The number of nitrogens with zero attached hydrogens (tertiary/aromatic N) is 1. The van der Waals surface area contributed by atoms with Crippen LogP contribution in [0.15, 0.2) is 48.5 Å². The van der Waals surface area contributed by atoms with Gasteiger partial charge in [0.1, 0.15) is 24.3 Å². The first-order chi connectivity index (χ1) is 15.5. The largest absolute Gasteiger partial charge is 0.486 e. The van der Waals surface area contributed by atoms with Crippen molar-refractivity contribution in [1.29, 1.82) is 0 Å². The molecule has 0 aromatic heterocycles. The van der Waals surface area contributed by atoms with E-state index in [1.165, 1.54) is 29.2 Å². The molecule has 1 N–H and O–H groups in total. The van der Waals surface area contributed by atoms with Crippen LogP contribution >= 0.6 is 11.6 Å². The first-order valence-electron chi connectivity index (χ1n) is 10.8. The van der Waals surface area contributed by atoms with Gasteiger partial charge in [0, 0.05) is 6.04 Å². The van der Waals surface area contributed by atoms with Crippen molar-refractivity contribution in [2.45, 2.75) is 43.9 Å². The molecule has 32 heavy (non-hydrogen) atoms. The zero-order valence-corrected chi connectivity index (χ0v) is 18.4. The highest BCUT2D eigenvalue weighted by molar-refractivity contribution is 6.27. The van der Waals surface area contributed by atoms with Crippen LogP contribution in [0, 0.1) is 5.82 Å². The quantitative estimate of drug-likeness (QED) is 0.637. The summed E-state index contributed by atoms with van der Waals surface area (Å²) in [7, 11) is 0. The lowest BCUT2D eigenvalue weighted by molar-refractivity contribution is -0.141. The summed E-state index contributed by atoms with van der Waals surface area (Å²) in [6.07, 6.45) is 3.44. The maximum atomic E-state index is 13.6. The summed E-state index contributed by atoms with van der Waals surface area (Å²) in [5.41, 5.74) is 0.512.